The molecule has 0 aliphatic rings. The van der Waals surface area contributed by atoms with Crippen molar-refractivity contribution in [1.29, 1.82) is 0 Å². The lowest BCUT2D eigenvalue weighted by Gasteiger charge is -2.11. The lowest BCUT2D eigenvalue weighted by atomic mass is 9.92. The largest absolute Gasteiger partial charge is 0.208 e. The van der Waals surface area contributed by atoms with E-state index in [1.807, 2.05) is 70.4 Å². The maximum atomic E-state index is 5.10. The van der Waals surface area contributed by atoms with E-state index in [0.29, 0.717) is 17.5 Å². The number of benzene rings is 8. The molecule has 6 heteroatoms. The molecule has 0 saturated carbocycles. The molecule has 12 rings (SSSR count). The average molecular weight is 780 g/mol. The third-order valence-electron chi connectivity index (χ3n) is 10.9. The van der Waals surface area contributed by atoms with E-state index in [1.165, 1.54) is 82.8 Å². The highest BCUT2D eigenvalue weighted by Crippen LogP contribution is 2.47. The van der Waals surface area contributed by atoms with E-state index < -0.39 is 0 Å². The lowest BCUT2D eigenvalue weighted by molar-refractivity contribution is 1.08. The highest BCUT2D eigenvalue weighted by molar-refractivity contribution is 7.27. The molecule has 3 nitrogen and oxygen atoms in total. The van der Waals surface area contributed by atoms with Crippen LogP contribution in [0.1, 0.15) is 0 Å². The van der Waals surface area contributed by atoms with Gasteiger partial charge in [0.1, 0.15) is 0 Å². The lowest BCUT2D eigenvalue weighted by Crippen LogP contribution is -2.00. The fourth-order valence-electron chi connectivity index (χ4n) is 8.32. The predicted octanol–water partition coefficient (Wildman–Crippen LogP) is 15.3. The number of aromatic nitrogens is 3. The minimum absolute atomic E-state index is 0.665. The van der Waals surface area contributed by atoms with E-state index in [2.05, 4.69) is 140 Å². The molecule has 266 valence electrons. The molecule has 57 heavy (non-hydrogen) atoms. The molecule has 4 aromatic heterocycles. The van der Waals surface area contributed by atoms with Crippen molar-refractivity contribution >= 4 is 94.5 Å². The normalized spacial score (nSPS) is 11.9. The van der Waals surface area contributed by atoms with Gasteiger partial charge in [0.15, 0.2) is 17.5 Å². The molecule has 0 fully saturated rings. The van der Waals surface area contributed by atoms with Crippen molar-refractivity contribution in [3.8, 4) is 56.4 Å². The topological polar surface area (TPSA) is 38.7 Å². The molecule has 0 radical (unpaired) electrons. The average Bonchev–Trinajstić information content (AvgIpc) is 3.97. The van der Waals surface area contributed by atoms with E-state index in [4.69, 9.17) is 15.0 Å². The molecule has 12 aromatic rings. The van der Waals surface area contributed by atoms with E-state index in [1.54, 1.807) is 0 Å². The van der Waals surface area contributed by atoms with Crippen LogP contribution in [-0.4, -0.2) is 15.0 Å². The standard InChI is InChI=1S/C51H29N3S3/c1-3-13-30(14-4-1)49-52-50(31-15-5-2-6-16-31)54-51(53-49)39-21-11-20-36-35-26-25-32(28-44(35)57-48(36)39)40-27-33(29-45-47(40)38-18-8-10-23-42(38)56-45)34-19-12-24-43-46(34)37-17-7-9-22-41(37)55-43/h1-29H. The summed E-state index contributed by atoms with van der Waals surface area (Å²) in [6.07, 6.45) is 0. The Morgan fingerprint density at radius 2 is 0.825 bits per heavy atom. The molecule has 0 amide bonds. The summed E-state index contributed by atoms with van der Waals surface area (Å²) in [5.74, 6) is 2.00. The van der Waals surface area contributed by atoms with Crippen molar-refractivity contribution in [1.82, 2.24) is 15.0 Å². The van der Waals surface area contributed by atoms with Gasteiger partial charge in [0.05, 0.1) is 0 Å². The Morgan fingerprint density at radius 3 is 1.54 bits per heavy atom. The Kier molecular flexibility index (Phi) is 7.45. The summed E-state index contributed by atoms with van der Waals surface area (Å²) < 4.78 is 7.66. The van der Waals surface area contributed by atoms with Crippen molar-refractivity contribution in [2.45, 2.75) is 0 Å². The molecule has 0 bridgehead atoms. The van der Waals surface area contributed by atoms with Crippen LogP contribution >= 0.6 is 34.0 Å². The maximum absolute atomic E-state index is 5.10. The van der Waals surface area contributed by atoms with Gasteiger partial charge >= 0.3 is 0 Å². The van der Waals surface area contributed by atoms with Gasteiger partial charge in [-0.15, -0.1) is 34.0 Å². The molecule has 0 aliphatic heterocycles. The SMILES string of the molecule is c1ccc(-c2nc(-c3ccccc3)nc(-c3cccc4c3sc3cc(-c5cc(-c6cccc7sc8ccccc8c67)cc6sc7ccccc7c56)ccc34)n2)cc1. The summed E-state index contributed by atoms with van der Waals surface area (Å²) in [6, 6.07) is 63.1. The second kappa shape index (κ2) is 13.0. The van der Waals surface area contributed by atoms with Crippen LogP contribution in [0.25, 0.3) is 117 Å². The van der Waals surface area contributed by atoms with Crippen LogP contribution in [0, 0.1) is 0 Å². The van der Waals surface area contributed by atoms with Gasteiger partial charge in [0.25, 0.3) is 0 Å². The molecule has 0 N–H and O–H groups in total. The van der Waals surface area contributed by atoms with Crippen molar-refractivity contribution in [2.75, 3.05) is 0 Å². The minimum Gasteiger partial charge on any atom is -0.208 e. The van der Waals surface area contributed by atoms with Crippen molar-refractivity contribution < 1.29 is 0 Å². The van der Waals surface area contributed by atoms with E-state index in [-0.39, 0.29) is 0 Å². The molecular weight excluding hydrogens is 751 g/mol. The molecule has 8 aromatic carbocycles. The third kappa shape index (κ3) is 5.33. The molecule has 0 atom stereocenters. The number of fused-ring (bicyclic) bond motifs is 9. The van der Waals surface area contributed by atoms with Gasteiger partial charge in [-0.1, -0.05) is 133 Å². The maximum Gasteiger partial charge on any atom is 0.165 e. The molecule has 0 saturated heterocycles. The second-order valence-corrected chi connectivity index (χ2v) is 17.5. The van der Waals surface area contributed by atoms with Gasteiger partial charge in [0.2, 0.25) is 0 Å². The Balaban J connectivity index is 1.07. The highest BCUT2D eigenvalue weighted by Gasteiger charge is 2.20. The molecule has 0 aliphatic carbocycles. The first kappa shape index (κ1) is 32.7. The van der Waals surface area contributed by atoms with Gasteiger partial charge in [-0.2, -0.15) is 0 Å². The third-order valence-corrected chi connectivity index (χ3v) is 14.4. The van der Waals surface area contributed by atoms with Crippen LogP contribution in [0.5, 0.6) is 0 Å². The Hall–Kier alpha value is -6.57. The fraction of sp³-hybridized carbons (Fsp3) is 0. The minimum atomic E-state index is 0.665. The number of thiophene rings is 3. The monoisotopic (exact) mass is 779 g/mol. The smallest absolute Gasteiger partial charge is 0.165 e. The summed E-state index contributed by atoms with van der Waals surface area (Å²) in [7, 11) is 0. The zero-order valence-corrected chi connectivity index (χ0v) is 32.8. The summed E-state index contributed by atoms with van der Waals surface area (Å²) in [5, 5.41) is 7.71. The van der Waals surface area contributed by atoms with Gasteiger partial charge in [-0.05, 0) is 64.7 Å². The van der Waals surface area contributed by atoms with Gasteiger partial charge in [-0.25, -0.2) is 15.0 Å². The number of hydrogen-bond acceptors (Lipinski definition) is 6. The van der Waals surface area contributed by atoms with E-state index in [0.717, 1.165) is 16.7 Å². The van der Waals surface area contributed by atoms with Gasteiger partial charge in [-0.3, -0.25) is 0 Å². The first-order valence-electron chi connectivity index (χ1n) is 18.9. The molecule has 4 heterocycles. The highest BCUT2D eigenvalue weighted by atomic mass is 32.1. The van der Waals surface area contributed by atoms with Crippen LogP contribution in [-0.2, 0) is 0 Å². The second-order valence-electron chi connectivity index (χ2n) is 14.3. The number of hydrogen-bond donors (Lipinski definition) is 0. The first-order valence-corrected chi connectivity index (χ1v) is 21.4. The zero-order valence-electron chi connectivity index (χ0n) is 30.3. The molecular formula is C51H29N3S3. The van der Waals surface area contributed by atoms with Gasteiger partial charge < -0.3 is 0 Å². The van der Waals surface area contributed by atoms with Gasteiger partial charge in [0, 0.05) is 77.2 Å². The quantitative estimate of drug-likeness (QED) is 0.175. The Morgan fingerprint density at radius 1 is 0.281 bits per heavy atom. The predicted molar refractivity (Wildman–Crippen MR) is 246 cm³/mol. The van der Waals surface area contributed by atoms with E-state index >= 15 is 0 Å². The Bertz CT molecular complexity index is 3470. The summed E-state index contributed by atoms with van der Waals surface area (Å²) in [4.78, 5) is 15.2. The van der Waals surface area contributed by atoms with Crippen LogP contribution in [0.4, 0.5) is 0 Å². The summed E-state index contributed by atoms with van der Waals surface area (Å²) in [5.41, 5.74) is 7.93. The van der Waals surface area contributed by atoms with Crippen LogP contribution < -0.4 is 0 Å². The van der Waals surface area contributed by atoms with Crippen LogP contribution in [0.3, 0.4) is 0 Å². The zero-order chi connectivity index (χ0) is 37.5. The summed E-state index contributed by atoms with van der Waals surface area (Å²) >= 11 is 5.57. The first-order chi connectivity index (χ1) is 28.2. The fourth-order valence-corrected chi connectivity index (χ4v) is 11.9. The van der Waals surface area contributed by atoms with Crippen LogP contribution in [0.15, 0.2) is 176 Å². The molecule has 0 unspecified atom stereocenters. The number of rotatable bonds is 5. The van der Waals surface area contributed by atoms with E-state index in [9.17, 15) is 0 Å². The summed E-state index contributed by atoms with van der Waals surface area (Å²) in [6.45, 7) is 0. The Labute approximate surface area is 339 Å². The van der Waals surface area contributed by atoms with Crippen molar-refractivity contribution in [3.63, 3.8) is 0 Å². The van der Waals surface area contributed by atoms with Crippen LogP contribution in [0.2, 0.25) is 0 Å². The molecule has 0 spiro atoms. The van der Waals surface area contributed by atoms with Crippen molar-refractivity contribution in [2.24, 2.45) is 0 Å². The van der Waals surface area contributed by atoms with Crippen molar-refractivity contribution in [3.05, 3.63) is 176 Å². The number of nitrogens with zero attached hydrogens (tertiary/aromatic N) is 3.